The topological polar surface area (TPSA) is 131 Å². The summed E-state index contributed by atoms with van der Waals surface area (Å²) in [5, 5.41) is 13.6. The molecule has 0 aromatic heterocycles. The molecule has 3 unspecified atom stereocenters. The van der Waals surface area contributed by atoms with Gasteiger partial charge in [-0.3, -0.25) is 13.8 Å². The van der Waals surface area contributed by atoms with Crippen molar-refractivity contribution in [2.75, 3.05) is 19.8 Å². The number of carbonyl (C=O) groups is 1. The highest BCUT2D eigenvalue weighted by molar-refractivity contribution is 7.47. The maximum Gasteiger partial charge on any atom is 0.472 e. The second kappa shape index (κ2) is 33.6. The lowest BCUT2D eigenvalue weighted by atomic mass is 10.1. The number of nitrogens with one attached hydrogen (secondary N) is 1. The summed E-state index contributed by atoms with van der Waals surface area (Å²) >= 11 is 0. The first kappa shape index (κ1) is 44.7. The summed E-state index contributed by atoms with van der Waals surface area (Å²) in [7, 11) is -4.33. The lowest BCUT2D eigenvalue weighted by Gasteiger charge is -2.23. The van der Waals surface area contributed by atoms with Crippen molar-refractivity contribution >= 4 is 13.7 Å². The van der Waals surface area contributed by atoms with Crippen molar-refractivity contribution in [2.45, 2.75) is 174 Å². The van der Waals surface area contributed by atoms with E-state index in [1.807, 2.05) is 6.08 Å². The molecular weight excluding hydrogens is 599 g/mol. The van der Waals surface area contributed by atoms with Crippen LogP contribution >= 0.6 is 7.82 Å². The molecule has 0 aliphatic carbocycles. The molecule has 0 heterocycles. The summed E-state index contributed by atoms with van der Waals surface area (Å²) in [6.07, 6.45) is 37.5. The normalized spacial score (nSPS) is 14.8. The standard InChI is InChI=1S/C37H71N2O6P/c1-3-5-7-9-11-13-15-17-18-19-21-23-25-27-29-31-37(41)39-35(34-45-46(42,43)44-33-32-38)36(40)30-28-26-24-22-20-16-14-12-10-8-6-4-2/h11,13,17-18,28,30,35-36,40H,3-10,12,14-16,19-27,29,31-34,38H2,1-2H3,(H,39,41)(H,42,43)/b13-11-,18-17-,30-28+. The van der Waals surface area contributed by atoms with Crippen molar-refractivity contribution < 1.29 is 28.4 Å². The molecule has 0 radical (unpaired) electrons. The van der Waals surface area contributed by atoms with Gasteiger partial charge in [-0.15, -0.1) is 0 Å². The molecule has 270 valence electrons. The number of aliphatic hydroxyl groups excluding tert-OH is 1. The number of carbonyl (C=O) groups excluding carboxylic acids is 1. The Morgan fingerprint density at radius 3 is 1.76 bits per heavy atom. The molecule has 8 nitrogen and oxygen atoms in total. The van der Waals surface area contributed by atoms with Gasteiger partial charge in [-0.1, -0.05) is 140 Å². The monoisotopic (exact) mass is 671 g/mol. The number of aliphatic hydroxyl groups is 1. The number of unbranched alkanes of at least 4 members (excludes halogenated alkanes) is 18. The highest BCUT2D eigenvalue weighted by Gasteiger charge is 2.26. The van der Waals surface area contributed by atoms with Gasteiger partial charge in [0.15, 0.2) is 0 Å². The molecule has 0 saturated carbocycles. The molecule has 3 atom stereocenters. The number of amides is 1. The molecule has 0 aliphatic heterocycles. The number of rotatable bonds is 34. The van der Waals surface area contributed by atoms with Crippen LogP contribution in [0, 0.1) is 0 Å². The van der Waals surface area contributed by atoms with Crippen LogP contribution in [0.25, 0.3) is 0 Å². The highest BCUT2D eigenvalue weighted by Crippen LogP contribution is 2.43. The second-order valence-corrected chi connectivity index (χ2v) is 13.9. The largest absolute Gasteiger partial charge is 0.472 e. The van der Waals surface area contributed by atoms with Crippen molar-refractivity contribution in [1.82, 2.24) is 5.32 Å². The zero-order chi connectivity index (χ0) is 34.0. The van der Waals surface area contributed by atoms with Crippen molar-refractivity contribution in [3.63, 3.8) is 0 Å². The molecule has 0 bridgehead atoms. The summed E-state index contributed by atoms with van der Waals surface area (Å²) in [4.78, 5) is 22.6. The van der Waals surface area contributed by atoms with Gasteiger partial charge in [-0.05, 0) is 51.4 Å². The molecule has 0 aromatic carbocycles. The van der Waals surface area contributed by atoms with Crippen molar-refractivity contribution in [2.24, 2.45) is 5.73 Å². The van der Waals surface area contributed by atoms with Gasteiger partial charge in [0, 0.05) is 13.0 Å². The molecule has 0 fully saturated rings. The van der Waals surface area contributed by atoms with Crippen LogP contribution in [0.1, 0.15) is 162 Å². The Hall–Kier alpha value is -1.28. The predicted octanol–water partition coefficient (Wildman–Crippen LogP) is 9.61. The smallest absolute Gasteiger partial charge is 0.387 e. The Balaban J connectivity index is 4.36. The first-order valence-corrected chi connectivity index (χ1v) is 20.1. The van der Waals surface area contributed by atoms with Gasteiger partial charge in [0.2, 0.25) is 5.91 Å². The highest BCUT2D eigenvalue weighted by atomic mass is 31.2. The first-order chi connectivity index (χ1) is 22.4. The SMILES string of the molecule is CCCCC/C=C\C/C=C\CCCCCCCC(=O)NC(COP(=O)(O)OCCN)C(O)/C=C/CCCCCCCCCCCC. The molecular formula is C37H71N2O6P. The predicted molar refractivity (Wildman–Crippen MR) is 194 cm³/mol. The van der Waals surface area contributed by atoms with Crippen LogP contribution in [0.4, 0.5) is 0 Å². The average Bonchev–Trinajstić information content (AvgIpc) is 3.04. The molecule has 0 aliphatic rings. The first-order valence-electron chi connectivity index (χ1n) is 18.6. The molecule has 46 heavy (non-hydrogen) atoms. The van der Waals surface area contributed by atoms with Crippen molar-refractivity contribution in [1.29, 1.82) is 0 Å². The van der Waals surface area contributed by atoms with Crippen LogP contribution in [-0.4, -0.2) is 47.8 Å². The lowest BCUT2D eigenvalue weighted by Crippen LogP contribution is -2.45. The Labute approximate surface area is 282 Å². The quantitative estimate of drug-likeness (QED) is 0.0305. The molecule has 0 aromatic rings. The van der Waals surface area contributed by atoms with E-state index in [1.165, 1.54) is 77.0 Å². The van der Waals surface area contributed by atoms with Crippen molar-refractivity contribution in [3.8, 4) is 0 Å². The van der Waals surface area contributed by atoms with Crippen LogP contribution in [0.3, 0.4) is 0 Å². The summed E-state index contributed by atoms with van der Waals surface area (Å²) in [5.74, 6) is -0.211. The third kappa shape index (κ3) is 31.3. The molecule has 0 rings (SSSR count). The van der Waals surface area contributed by atoms with E-state index >= 15 is 0 Å². The van der Waals surface area contributed by atoms with Gasteiger partial charge in [0.05, 0.1) is 25.4 Å². The van der Waals surface area contributed by atoms with Gasteiger partial charge in [0.25, 0.3) is 0 Å². The Morgan fingerprint density at radius 1 is 0.717 bits per heavy atom. The van der Waals surface area contributed by atoms with Gasteiger partial charge >= 0.3 is 7.82 Å². The van der Waals surface area contributed by atoms with Crippen molar-refractivity contribution in [3.05, 3.63) is 36.5 Å². The van der Waals surface area contributed by atoms with Crippen LogP contribution < -0.4 is 11.1 Å². The second-order valence-electron chi connectivity index (χ2n) is 12.4. The van der Waals surface area contributed by atoms with E-state index in [4.69, 9.17) is 14.8 Å². The molecule has 1 amide bonds. The molecule has 0 saturated heterocycles. The van der Waals surface area contributed by atoms with Crippen LogP contribution in [0.2, 0.25) is 0 Å². The van der Waals surface area contributed by atoms with Gasteiger partial charge in [0.1, 0.15) is 0 Å². The zero-order valence-corrected chi connectivity index (χ0v) is 30.4. The Kier molecular flexibility index (Phi) is 32.7. The summed E-state index contributed by atoms with van der Waals surface area (Å²) in [6.45, 7) is 4.07. The third-order valence-corrected chi connectivity index (χ3v) is 8.94. The average molecular weight is 671 g/mol. The third-order valence-electron chi connectivity index (χ3n) is 7.96. The van der Waals surface area contributed by atoms with E-state index in [0.29, 0.717) is 6.42 Å². The molecule has 9 heteroatoms. The fourth-order valence-electron chi connectivity index (χ4n) is 5.10. The van der Waals surface area contributed by atoms with Crippen LogP contribution in [0.5, 0.6) is 0 Å². The molecule has 5 N–H and O–H groups in total. The number of phosphoric ester groups is 1. The zero-order valence-electron chi connectivity index (χ0n) is 29.6. The summed E-state index contributed by atoms with van der Waals surface area (Å²) in [5.41, 5.74) is 5.35. The van der Waals surface area contributed by atoms with Crippen LogP contribution in [0.15, 0.2) is 36.5 Å². The minimum absolute atomic E-state index is 0.0753. The van der Waals surface area contributed by atoms with E-state index in [2.05, 4.69) is 43.5 Å². The lowest BCUT2D eigenvalue weighted by molar-refractivity contribution is -0.123. The molecule has 0 spiro atoms. The summed E-state index contributed by atoms with van der Waals surface area (Å²) < 4.78 is 22.0. The minimum atomic E-state index is -4.33. The number of phosphoric acid groups is 1. The van der Waals surface area contributed by atoms with Gasteiger partial charge in [-0.2, -0.15) is 0 Å². The minimum Gasteiger partial charge on any atom is -0.387 e. The maximum absolute atomic E-state index is 12.7. The number of hydrogen-bond donors (Lipinski definition) is 4. The Bertz CT molecular complexity index is 820. The summed E-state index contributed by atoms with van der Waals surface area (Å²) in [6, 6.07) is -0.864. The van der Waals surface area contributed by atoms with Crippen LogP contribution in [-0.2, 0) is 18.4 Å². The fourth-order valence-corrected chi connectivity index (χ4v) is 5.86. The van der Waals surface area contributed by atoms with E-state index < -0.39 is 20.0 Å². The number of nitrogens with two attached hydrogens (primary N) is 1. The van der Waals surface area contributed by atoms with E-state index in [9.17, 15) is 19.4 Å². The van der Waals surface area contributed by atoms with E-state index in [0.717, 1.165) is 64.2 Å². The van der Waals surface area contributed by atoms with Gasteiger partial charge in [-0.25, -0.2) is 4.57 Å². The maximum atomic E-state index is 12.7. The number of allylic oxidation sites excluding steroid dienone is 5. The van der Waals surface area contributed by atoms with E-state index in [-0.39, 0.29) is 25.7 Å². The van der Waals surface area contributed by atoms with E-state index in [1.54, 1.807) is 6.08 Å². The van der Waals surface area contributed by atoms with Gasteiger partial charge < -0.3 is 21.1 Å². The number of hydrogen-bond acceptors (Lipinski definition) is 6. The fraction of sp³-hybridized carbons (Fsp3) is 0.811. The Morgan fingerprint density at radius 2 is 1.20 bits per heavy atom.